The molecule has 0 saturated heterocycles. The minimum Gasteiger partial charge on any atom is -0.452 e. The first-order valence-electron chi connectivity index (χ1n) is 5.35. The van der Waals surface area contributed by atoms with Crippen molar-refractivity contribution in [3.8, 4) is 0 Å². The monoisotopic (exact) mass is 333 g/mol. The molecule has 17 heavy (non-hydrogen) atoms. The van der Waals surface area contributed by atoms with E-state index in [9.17, 15) is 0 Å². The van der Waals surface area contributed by atoms with Crippen LogP contribution in [0.2, 0.25) is 5.02 Å². The van der Waals surface area contributed by atoms with E-state index in [2.05, 4.69) is 33.6 Å². The molecular formula is C12H13BrClNOS. The summed E-state index contributed by atoms with van der Waals surface area (Å²) in [5.41, 5.74) is 1.11. The van der Waals surface area contributed by atoms with Crippen LogP contribution in [0.25, 0.3) is 0 Å². The standard InChI is InChI=1S/C12H13BrClNOS/c1-3-15-11(8-4-5-9(13)16-8)12-10(14)7(2)6-17-12/h4-6,11,15H,3H2,1-2H3. The average molecular weight is 335 g/mol. The Bertz CT molecular complexity index is 508. The molecule has 2 heterocycles. The van der Waals surface area contributed by atoms with Gasteiger partial charge in [0.2, 0.25) is 0 Å². The highest BCUT2D eigenvalue weighted by molar-refractivity contribution is 9.10. The van der Waals surface area contributed by atoms with Crippen molar-refractivity contribution in [3.63, 3.8) is 0 Å². The summed E-state index contributed by atoms with van der Waals surface area (Å²) < 4.78 is 6.35. The van der Waals surface area contributed by atoms with Crippen LogP contribution in [0.15, 0.2) is 26.6 Å². The van der Waals surface area contributed by atoms with Gasteiger partial charge in [-0.3, -0.25) is 0 Å². The first-order chi connectivity index (χ1) is 8.13. The third-order valence-electron chi connectivity index (χ3n) is 2.47. The Balaban J connectivity index is 2.38. The summed E-state index contributed by atoms with van der Waals surface area (Å²) in [6.07, 6.45) is 0. The summed E-state index contributed by atoms with van der Waals surface area (Å²) >= 11 is 11.3. The Kier molecular flexibility index (Phi) is 4.31. The van der Waals surface area contributed by atoms with Crippen molar-refractivity contribution in [1.29, 1.82) is 0 Å². The lowest BCUT2D eigenvalue weighted by Gasteiger charge is -2.14. The van der Waals surface area contributed by atoms with Gasteiger partial charge in [-0.05, 0) is 52.5 Å². The fraction of sp³-hybridized carbons (Fsp3) is 0.333. The number of thiophene rings is 1. The maximum atomic E-state index is 6.31. The van der Waals surface area contributed by atoms with E-state index in [4.69, 9.17) is 16.0 Å². The quantitative estimate of drug-likeness (QED) is 0.871. The van der Waals surface area contributed by atoms with Crippen LogP contribution >= 0.6 is 38.9 Å². The number of furan rings is 1. The molecule has 0 bridgehead atoms. The number of hydrogen-bond donors (Lipinski definition) is 1. The molecule has 0 aliphatic carbocycles. The molecule has 0 spiro atoms. The van der Waals surface area contributed by atoms with Gasteiger partial charge in [-0.25, -0.2) is 0 Å². The van der Waals surface area contributed by atoms with E-state index in [-0.39, 0.29) is 6.04 Å². The fourth-order valence-corrected chi connectivity index (χ4v) is 3.36. The van der Waals surface area contributed by atoms with Crippen LogP contribution < -0.4 is 5.32 Å². The lowest BCUT2D eigenvalue weighted by molar-refractivity contribution is 0.440. The van der Waals surface area contributed by atoms with Crippen molar-refractivity contribution >= 4 is 38.9 Å². The van der Waals surface area contributed by atoms with Gasteiger partial charge in [0, 0.05) is 4.88 Å². The van der Waals surface area contributed by atoms with Gasteiger partial charge in [-0.1, -0.05) is 18.5 Å². The molecule has 1 N–H and O–H groups in total. The largest absolute Gasteiger partial charge is 0.452 e. The van der Waals surface area contributed by atoms with Crippen molar-refractivity contribution < 1.29 is 4.42 Å². The first kappa shape index (κ1) is 13.1. The van der Waals surface area contributed by atoms with Crippen molar-refractivity contribution in [1.82, 2.24) is 5.32 Å². The van der Waals surface area contributed by atoms with Crippen LogP contribution in [0.4, 0.5) is 0 Å². The van der Waals surface area contributed by atoms with E-state index < -0.39 is 0 Å². The summed E-state index contributed by atoms with van der Waals surface area (Å²) in [5, 5.41) is 6.29. The van der Waals surface area contributed by atoms with Crippen LogP contribution in [0.5, 0.6) is 0 Å². The molecule has 2 rings (SSSR count). The van der Waals surface area contributed by atoms with E-state index in [1.165, 1.54) is 0 Å². The molecule has 2 aromatic rings. The summed E-state index contributed by atoms with van der Waals surface area (Å²) in [6, 6.07) is 3.88. The van der Waals surface area contributed by atoms with Gasteiger partial charge in [0.05, 0.1) is 5.02 Å². The number of halogens is 2. The average Bonchev–Trinajstić information content (AvgIpc) is 2.85. The fourth-order valence-electron chi connectivity index (χ4n) is 1.65. The van der Waals surface area contributed by atoms with Gasteiger partial charge < -0.3 is 9.73 Å². The van der Waals surface area contributed by atoms with Gasteiger partial charge >= 0.3 is 0 Å². The number of aryl methyl sites for hydroxylation is 1. The van der Waals surface area contributed by atoms with Crippen molar-refractivity contribution in [2.45, 2.75) is 19.9 Å². The van der Waals surface area contributed by atoms with E-state index >= 15 is 0 Å². The Morgan fingerprint density at radius 2 is 2.29 bits per heavy atom. The molecule has 0 saturated carbocycles. The smallest absolute Gasteiger partial charge is 0.169 e. The Labute approximate surface area is 118 Å². The zero-order valence-electron chi connectivity index (χ0n) is 9.59. The maximum Gasteiger partial charge on any atom is 0.169 e. The van der Waals surface area contributed by atoms with E-state index in [0.717, 1.165) is 32.4 Å². The number of rotatable bonds is 4. The molecule has 5 heteroatoms. The molecule has 0 amide bonds. The molecule has 1 unspecified atom stereocenters. The Hall–Kier alpha value is -0.290. The molecule has 92 valence electrons. The summed E-state index contributed by atoms with van der Waals surface area (Å²) in [5.74, 6) is 0.877. The second kappa shape index (κ2) is 5.57. The van der Waals surface area contributed by atoms with Gasteiger partial charge in [0.15, 0.2) is 4.67 Å². The van der Waals surface area contributed by atoms with Crippen LogP contribution in [0.1, 0.15) is 29.2 Å². The minimum atomic E-state index is 0.0255. The third-order valence-corrected chi connectivity index (χ3v) is 4.68. The number of hydrogen-bond acceptors (Lipinski definition) is 3. The van der Waals surface area contributed by atoms with Crippen molar-refractivity contribution in [2.75, 3.05) is 6.54 Å². The highest BCUT2D eigenvalue weighted by Gasteiger charge is 2.21. The summed E-state index contributed by atoms with van der Waals surface area (Å²) in [6.45, 7) is 4.94. The molecule has 0 aliphatic rings. The Morgan fingerprint density at radius 3 is 2.76 bits per heavy atom. The lowest BCUT2D eigenvalue weighted by Crippen LogP contribution is -2.20. The van der Waals surface area contributed by atoms with E-state index in [1.54, 1.807) is 11.3 Å². The first-order valence-corrected chi connectivity index (χ1v) is 7.40. The minimum absolute atomic E-state index is 0.0255. The predicted octanol–water partition coefficient (Wildman–Crippen LogP) is 4.76. The molecule has 1 atom stereocenters. The molecular weight excluding hydrogens is 322 g/mol. The van der Waals surface area contributed by atoms with Gasteiger partial charge in [-0.2, -0.15) is 0 Å². The van der Waals surface area contributed by atoms with Crippen molar-refractivity contribution in [3.05, 3.63) is 43.4 Å². The molecule has 0 aromatic carbocycles. The third kappa shape index (κ3) is 2.76. The van der Waals surface area contributed by atoms with Crippen LogP contribution in [0, 0.1) is 6.92 Å². The zero-order chi connectivity index (χ0) is 12.4. The normalized spacial score (nSPS) is 12.9. The molecule has 0 aliphatic heterocycles. The van der Waals surface area contributed by atoms with E-state index in [1.807, 2.05) is 19.1 Å². The SMILES string of the molecule is CCNC(c1ccc(Br)o1)c1scc(C)c1Cl. The molecule has 2 nitrogen and oxygen atoms in total. The maximum absolute atomic E-state index is 6.31. The summed E-state index contributed by atoms with van der Waals surface area (Å²) in [4.78, 5) is 1.10. The van der Waals surface area contributed by atoms with Gasteiger partial charge in [-0.15, -0.1) is 11.3 Å². The highest BCUT2D eigenvalue weighted by atomic mass is 79.9. The molecule has 2 aromatic heterocycles. The highest BCUT2D eigenvalue weighted by Crippen LogP contribution is 2.36. The van der Waals surface area contributed by atoms with Gasteiger partial charge in [0.25, 0.3) is 0 Å². The van der Waals surface area contributed by atoms with E-state index in [0.29, 0.717) is 0 Å². The van der Waals surface area contributed by atoms with Crippen LogP contribution in [-0.4, -0.2) is 6.54 Å². The second-order valence-corrected chi connectivity index (χ2v) is 5.80. The number of nitrogens with one attached hydrogen (secondary N) is 1. The lowest BCUT2D eigenvalue weighted by atomic mass is 10.1. The van der Waals surface area contributed by atoms with Crippen molar-refractivity contribution in [2.24, 2.45) is 0 Å². The predicted molar refractivity (Wildman–Crippen MR) is 76.0 cm³/mol. The topological polar surface area (TPSA) is 25.2 Å². The Morgan fingerprint density at radius 1 is 1.53 bits per heavy atom. The van der Waals surface area contributed by atoms with Crippen LogP contribution in [0.3, 0.4) is 0 Å². The molecule has 0 radical (unpaired) electrons. The summed E-state index contributed by atoms with van der Waals surface area (Å²) in [7, 11) is 0. The zero-order valence-corrected chi connectivity index (χ0v) is 12.7. The molecule has 0 fully saturated rings. The second-order valence-electron chi connectivity index (χ2n) is 3.73. The van der Waals surface area contributed by atoms with Crippen LogP contribution in [-0.2, 0) is 0 Å². The van der Waals surface area contributed by atoms with Gasteiger partial charge in [0.1, 0.15) is 11.8 Å².